The molecule has 0 amide bonds. The van der Waals surface area contributed by atoms with E-state index in [0.29, 0.717) is 6.42 Å². The van der Waals surface area contributed by atoms with Crippen LogP contribution in [0, 0.1) is 13.8 Å². The van der Waals surface area contributed by atoms with Gasteiger partial charge in [-0.25, -0.2) is 0 Å². The van der Waals surface area contributed by atoms with E-state index in [1.54, 1.807) is 11.3 Å². The number of rotatable bonds is 4. The van der Waals surface area contributed by atoms with Gasteiger partial charge in [-0.1, -0.05) is 25.1 Å². The number of carbonyl (C=O) groups is 1. The Labute approximate surface area is 112 Å². The fourth-order valence-corrected chi connectivity index (χ4v) is 3.16. The average Bonchev–Trinajstić information content (AvgIpc) is 2.82. The maximum atomic E-state index is 12.4. The predicted molar refractivity (Wildman–Crippen MR) is 77.6 cm³/mol. The molecule has 0 aliphatic heterocycles. The molecule has 94 valence electrons. The number of ketones is 1. The van der Waals surface area contributed by atoms with Gasteiger partial charge in [0.15, 0.2) is 5.78 Å². The number of hydrogen-bond donors (Lipinski definition) is 0. The molecule has 1 heterocycles. The van der Waals surface area contributed by atoms with E-state index in [9.17, 15) is 4.79 Å². The normalized spacial score (nSPS) is 10.6. The fourth-order valence-electron chi connectivity index (χ4n) is 2.23. The third-order valence-corrected chi connectivity index (χ3v) is 4.36. The molecular weight excluding hydrogens is 240 g/mol. The maximum absolute atomic E-state index is 12.4. The van der Waals surface area contributed by atoms with Gasteiger partial charge in [0.2, 0.25) is 0 Å². The molecule has 1 aromatic heterocycles. The van der Waals surface area contributed by atoms with Gasteiger partial charge in [-0.2, -0.15) is 0 Å². The zero-order chi connectivity index (χ0) is 13.1. The van der Waals surface area contributed by atoms with Crippen LogP contribution in [0.3, 0.4) is 0 Å². The van der Waals surface area contributed by atoms with Gasteiger partial charge in [-0.05, 0) is 54.0 Å². The molecule has 0 saturated carbocycles. The van der Waals surface area contributed by atoms with Crippen LogP contribution in [0.15, 0.2) is 29.6 Å². The molecule has 0 atom stereocenters. The summed E-state index contributed by atoms with van der Waals surface area (Å²) in [5, 5.41) is 2.01. The van der Waals surface area contributed by atoms with Gasteiger partial charge in [0.25, 0.3) is 0 Å². The largest absolute Gasteiger partial charge is 0.293 e. The highest BCUT2D eigenvalue weighted by molar-refractivity contribution is 7.12. The van der Waals surface area contributed by atoms with Crippen LogP contribution in [0.1, 0.15) is 38.8 Å². The van der Waals surface area contributed by atoms with E-state index < -0.39 is 0 Å². The van der Waals surface area contributed by atoms with Gasteiger partial charge in [-0.15, -0.1) is 11.3 Å². The first-order chi connectivity index (χ1) is 8.63. The Morgan fingerprint density at radius 1 is 1.17 bits per heavy atom. The maximum Gasteiger partial charge on any atom is 0.177 e. The molecule has 0 spiro atoms. The lowest BCUT2D eigenvalue weighted by Gasteiger charge is -2.08. The van der Waals surface area contributed by atoms with E-state index in [2.05, 4.69) is 39.0 Å². The van der Waals surface area contributed by atoms with E-state index in [1.165, 1.54) is 22.3 Å². The van der Waals surface area contributed by atoms with Crippen LogP contribution in [0.5, 0.6) is 0 Å². The zero-order valence-corrected chi connectivity index (χ0v) is 11.9. The van der Waals surface area contributed by atoms with Crippen LogP contribution in [0.25, 0.3) is 0 Å². The highest BCUT2D eigenvalue weighted by Gasteiger charge is 2.14. The Morgan fingerprint density at radius 3 is 2.44 bits per heavy atom. The molecular formula is C16H18OS. The number of thiophene rings is 1. The van der Waals surface area contributed by atoms with Crippen molar-refractivity contribution < 1.29 is 4.79 Å². The standard InChI is InChI=1S/C16H18OS/c1-4-13-8-9-18-16(13)15(17)10-14-11(2)6-5-7-12(14)3/h5-9H,4,10H2,1-3H3. The number of aryl methyl sites for hydroxylation is 3. The van der Waals surface area contributed by atoms with E-state index in [1.807, 2.05) is 11.4 Å². The van der Waals surface area contributed by atoms with Crippen LogP contribution in [0.4, 0.5) is 0 Å². The van der Waals surface area contributed by atoms with Gasteiger partial charge in [0, 0.05) is 6.42 Å². The van der Waals surface area contributed by atoms with E-state index in [-0.39, 0.29) is 5.78 Å². The van der Waals surface area contributed by atoms with Crippen molar-refractivity contribution >= 4 is 17.1 Å². The van der Waals surface area contributed by atoms with Crippen LogP contribution in [0.2, 0.25) is 0 Å². The highest BCUT2D eigenvalue weighted by atomic mass is 32.1. The summed E-state index contributed by atoms with van der Waals surface area (Å²) in [6.45, 7) is 6.24. The first-order valence-corrected chi connectivity index (χ1v) is 7.16. The molecule has 0 unspecified atom stereocenters. The van der Waals surface area contributed by atoms with Gasteiger partial charge in [0.1, 0.15) is 0 Å². The Kier molecular flexibility index (Phi) is 3.97. The molecule has 1 aromatic carbocycles. The van der Waals surface area contributed by atoms with Crippen molar-refractivity contribution in [2.75, 3.05) is 0 Å². The Bertz CT molecular complexity index is 546. The van der Waals surface area contributed by atoms with Crippen molar-refractivity contribution in [2.45, 2.75) is 33.6 Å². The zero-order valence-electron chi connectivity index (χ0n) is 11.1. The number of hydrogen-bond acceptors (Lipinski definition) is 2. The number of benzene rings is 1. The summed E-state index contributed by atoms with van der Waals surface area (Å²) in [5.74, 6) is 0.249. The molecule has 0 N–H and O–H groups in total. The van der Waals surface area contributed by atoms with Crippen molar-refractivity contribution in [3.63, 3.8) is 0 Å². The molecule has 0 fully saturated rings. The Balaban J connectivity index is 2.27. The molecule has 2 heteroatoms. The van der Waals surface area contributed by atoms with Crippen LogP contribution < -0.4 is 0 Å². The molecule has 18 heavy (non-hydrogen) atoms. The molecule has 0 aliphatic carbocycles. The lowest BCUT2D eigenvalue weighted by atomic mass is 9.97. The smallest absolute Gasteiger partial charge is 0.177 e. The second-order valence-corrected chi connectivity index (χ2v) is 5.51. The average molecular weight is 258 g/mol. The molecule has 2 rings (SSSR count). The minimum atomic E-state index is 0.249. The second kappa shape index (κ2) is 5.49. The quantitative estimate of drug-likeness (QED) is 0.745. The third kappa shape index (κ3) is 2.54. The molecule has 0 bridgehead atoms. The summed E-state index contributed by atoms with van der Waals surface area (Å²) in [5.41, 5.74) is 4.77. The number of carbonyl (C=O) groups excluding carboxylic acids is 1. The summed E-state index contributed by atoms with van der Waals surface area (Å²) in [7, 11) is 0. The van der Waals surface area contributed by atoms with E-state index in [4.69, 9.17) is 0 Å². The first-order valence-electron chi connectivity index (χ1n) is 6.28. The highest BCUT2D eigenvalue weighted by Crippen LogP contribution is 2.22. The fraction of sp³-hybridized carbons (Fsp3) is 0.312. The minimum absolute atomic E-state index is 0.249. The summed E-state index contributed by atoms with van der Waals surface area (Å²) in [6, 6.07) is 8.25. The SMILES string of the molecule is CCc1ccsc1C(=O)Cc1c(C)cccc1C. The van der Waals surface area contributed by atoms with Gasteiger partial charge in [0.05, 0.1) is 4.88 Å². The summed E-state index contributed by atoms with van der Waals surface area (Å²) in [6.07, 6.45) is 1.45. The summed E-state index contributed by atoms with van der Waals surface area (Å²) < 4.78 is 0. The lowest BCUT2D eigenvalue weighted by molar-refractivity contribution is 0.0995. The number of Topliss-reactive ketones (excluding diaryl/α,β-unsaturated/α-hetero) is 1. The predicted octanol–water partition coefficient (Wildman–Crippen LogP) is 4.35. The monoisotopic (exact) mass is 258 g/mol. The second-order valence-electron chi connectivity index (χ2n) is 4.60. The van der Waals surface area contributed by atoms with Crippen molar-refractivity contribution in [3.05, 3.63) is 56.8 Å². The Morgan fingerprint density at radius 2 is 1.83 bits per heavy atom. The van der Waals surface area contributed by atoms with Crippen molar-refractivity contribution in [2.24, 2.45) is 0 Å². The molecule has 0 aliphatic rings. The molecule has 0 radical (unpaired) electrons. The van der Waals surface area contributed by atoms with E-state index >= 15 is 0 Å². The van der Waals surface area contributed by atoms with Gasteiger partial charge < -0.3 is 0 Å². The van der Waals surface area contributed by atoms with Crippen LogP contribution in [-0.4, -0.2) is 5.78 Å². The minimum Gasteiger partial charge on any atom is -0.293 e. The topological polar surface area (TPSA) is 17.1 Å². The summed E-state index contributed by atoms with van der Waals surface area (Å²) in [4.78, 5) is 13.3. The third-order valence-electron chi connectivity index (χ3n) is 3.36. The van der Waals surface area contributed by atoms with Crippen molar-refractivity contribution in [3.8, 4) is 0 Å². The first kappa shape index (κ1) is 13.0. The summed E-state index contributed by atoms with van der Waals surface area (Å²) >= 11 is 1.56. The van der Waals surface area contributed by atoms with Crippen molar-refractivity contribution in [1.82, 2.24) is 0 Å². The molecule has 0 saturated heterocycles. The van der Waals surface area contributed by atoms with E-state index in [0.717, 1.165) is 11.3 Å². The molecule has 2 aromatic rings. The Hall–Kier alpha value is -1.41. The lowest BCUT2D eigenvalue weighted by Crippen LogP contribution is -2.06. The van der Waals surface area contributed by atoms with Crippen LogP contribution >= 0.6 is 11.3 Å². The molecule has 1 nitrogen and oxygen atoms in total. The van der Waals surface area contributed by atoms with Crippen LogP contribution in [-0.2, 0) is 12.8 Å². The van der Waals surface area contributed by atoms with Gasteiger partial charge in [-0.3, -0.25) is 4.79 Å². The van der Waals surface area contributed by atoms with Crippen molar-refractivity contribution in [1.29, 1.82) is 0 Å². The van der Waals surface area contributed by atoms with Gasteiger partial charge >= 0.3 is 0 Å².